The lowest BCUT2D eigenvalue weighted by atomic mass is 9.94. The van der Waals surface area contributed by atoms with Gasteiger partial charge in [0.15, 0.2) is 0 Å². The minimum Gasteiger partial charge on any atom is -0.389 e. The van der Waals surface area contributed by atoms with Crippen molar-refractivity contribution in [3.8, 4) is 0 Å². The van der Waals surface area contributed by atoms with Crippen molar-refractivity contribution >= 4 is 5.69 Å². The first-order valence-corrected chi connectivity index (χ1v) is 7.44. The van der Waals surface area contributed by atoms with E-state index in [9.17, 15) is 5.11 Å². The van der Waals surface area contributed by atoms with Gasteiger partial charge in [-0.25, -0.2) is 0 Å². The molecule has 0 aromatic heterocycles. The van der Waals surface area contributed by atoms with Crippen LogP contribution in [0.4, 0.5) is 5.69 Å². The highest BCUT2D eigenvalue weighted by atomic mass is 16.3. The molecule has 1 aliphatic heterocycles. The highest BCUT2D eigenvalue weighted by molar-refractivity contribution is 5.55. The smallest absolute Gasteiger partial charge is 0.0767 e. The van der Waals surface area contributed by atoms with Crippen LogP contribution in [0.15, 0.2) is 24.3 Å². The predicted octanol–water partition coefficient (Wildman–Crippen LogP) is 2.32. The van der Waals surface area contributed by atoms with E-state index in [1.165, 1.54) is 24.1 Å². The first-order chi connectivity index (χ1) is 9.18. The Hall–Kier alpha value is -1.06. The lowest BCUT2D eigenvalue weighted by molar-refractivity contribution is 0.0349. The molecular weight excluding hydrogens is 236 g/mol. The second-order valence-corrected chi connectivity index (χ2v) is 5.60. The maximum absolute atomic E-state index is 10.2. The number of aryl methyl sites for hydroxylation is 1. The summed E-state index contributed by atoms with van der Waals surface area (Å²) in [5.74, 6) is 0. The SMILES string of the molecule is CCC(O)(CN)CCCN1CCCc2ccccc21. The van der Waals surface area contributed by atoms with E-state index in [1.807, 2.05) is 6.92 Å². The van der Waals surface area contributed by atoms with Crippen molar-refractivity contribution in [1.82, 2.24) is 0 Å². The van der Waals surface area contributed by atoms with Gasteiger partial charge in [0.2, 0.25) is 0 Å². The summed E-state index contributed by atoms with van der Waals surface area (Å²) in [5, 5.41) is 10.2. The van der Waals surface area contributed by atoms with Crippen molar-refractivity contribution in [1.29, 1.82) is 0 Å². The van der Waals surface area contributed by atoms with E-state index >= 15 is 0 Å². The third-order valence-corrected chi connectivity index (χ3v) is 4.31. The summed E-state index contributed by atoms with van der Waals surface area (Å²) in [7, 11) is 0. The molecule has 2 rings (SSSR count). The van der Waals surface area contributed by atoms with Crippen molar-refractivity contribution in [3.63, 3.8) is 0 Å². The molecule has 0 fully saturated rings. The zero-order valence-corrected chi connectivity index (χ0v) is 11.9. The van der Waals surface area contributed by atoms with Gasteiger partial charge in [-0.05, 0) is 43.7 Å². The predicted molar refractivity (Wildman–Crippen MR) is 80.5 cm³/mol. The number of nitrogens with two attached hydrogens (primary N) is 1. The van der Waals surface area contributed by atoms with Gasteiger partial charge >= 0.3 is 0 Å². The first-order valence-electron chi connectivity index (χ1n) is 7.44. The summed E-state index contributed by atoms with van der Waals surface area (Å²) in [6.07, 6.45) is 4.94. The van der Waals surface area contributed by atoms with E-state index in [1.54, 1.807) is 0 Å². The van der Waals surface area contributed by atoms with Crippen LogP contribution in [0.25, 0.3) is 0 Å². The van der Waals surface area contributed by atoms with Gasteiger partial charge in [0.25, 0.3) is 0 Å². The Kier molecular flexibility index (Phi) is 4.83. The standard InChI is InChI=1S/C16H26N2O/c1-2-16(19,13-17)10-6-12-18-11-5-8-14-7-3-4-9-15(14)18/h3-4,7,9,19H,2,5-6,8,10-13,17H2,1H3. The molecular formula is C16H26N2O. The Morgan fingerprint density at radius 3 is 2.89 bits per heavy atom. The minimum atomic E-state index is -0.671. The van der Waals surface area contributed by atoms with Crippen LogP contribution in [-0.2, 0) is 6.42 Å². The van der Waals surface area contributed by atoms with Gasteiger partial charge in [0.05, 0.1) is 5.60 Å². The number of aliphatic hydroxyl groups is 1. The Labute approximate surface area is 116 Å². The molecule has 0 radical (unpaired) electrons. The second kappa shape index (κ2) is 6.40. The average Bonchev–Trinajstić information content (AvgIpc) is 2.47. The minimum absolute atomic E-state index is 0.361. The number of nitrogens with zero attached hydrogens (tertiary/aromatic N) is 1. The lowest BCUT2D eigenvalue weighted by Crippen LogP contribution is -2.38. The molecule has 106 valence electrons. The van der Waals surface area contributed by atoms with Crippen LogP contribution in [0.3, 0.4) is 0 Å². The Morgan fingerprint density at radius 2 is 2.16 bits per heavy atom. The molecule has 0 saturated heterocycles. The number of anilines is 1. The topological polar surface area (TPSA) is 49.5 Å². The largest absolute Gasteiger partial charge is 0.389 e. The molecule has 3 nitrogen and oxygen atoms in total. The van der Waals surface area contributed by atoms with Crippen LogP contribution in [-0.4, -0.2) is 30.3 Å². The van der Waals surface area contributed by atoms with Crippen molar-refractivity contribution in [2.75, 3.05) is 24.5 Å². The van der Waals surface area contributed by atoms with E-state index in [-0.39, 0.29) is 0 Å². The maximum atomic E-state index is 10.2. The van der Waals surface area contributed by atoms with Gasteiger partial charge in [0, 0.05) is 25.3 Å². The highest BCUT2D eigenvalue weighted by Crippen LogP contribution is 2.27. The maximum Gasteiger partial charge on any atom is 0.0767 e. The highest BCUT2D eigenvalue weighted by Gasteiger charge is 2.23. The van der Waals surface area contributed by atoms with Gasteiger partial charge in [0.1, 0.15) is 0 Å². The zero-order valence-electron chi connectivity index (χ0n) is 11.9. The van der Waals surface area contributed by atoms with Crippen LogP contribution < -0.4 is 10.6 Å². The summed E-state index contributed by atoms with van der Waals surface area (Å²) in [6, 6.07) is 8.67. The molecule has 1 atom stereocenters. The van der Waals surface area contributed by atoms with Crippen LogP contribution in [0.5, 0.6) is 0 Å². The van der Waals surface area contributed by atoms with Gasteiger partial charge in [-0.3, -0.25) is 0 Å². The van der Waals surface area contributed by atoms with Gasteiger partial charge < -0.3 is 15.7 Å². The molecule has 1 heterocycles. The Morgan fingerprint density at radius 1 is 1.37 bits per heavy atom. The van der Waals surface area contributed by atoms with Gasteiger partial charge in [-0.15, -0.1) is 0 Å². The normalized spacial score (nSPS) is 17.9. The van der Waals surface area contributed by atoms with Crippen molar-refractivity contribution in [3.05, 3.63) is 29.8 Å². The lowest BCUT2D eigenvalue weighted by Gasteiger charge is -2.32. The summed E-state index contributed by atoms with van der Waals surface area (Å²) in [5.41, 5.74) is 7.81. The molecule has 1 unspecified atom stereocenters. The molecule has 0 saturated carbocycles. The van der Waals surface area contributed by atoms with E-state index in [2.05, 4.69) is 29.2 Å². The fourth-order valence-corrected chi connectivity index (χ4v) is 2.87. The van der Waals surface area contributed by atoms with Crippen molar-refractivity contribution in [2.24, 2.45) is 5.73 Å². The second-order valence-electron chi connectivity index (χ2n) is 5.60. The van der Waals surface area contributed by atoms with Gasteiger partial charge in [-0.2, -0.15) is 0 Å². The number of benzene rings is 1. The molecule has 0 bridgehead atoms. The molecule has 1 aromatic carbocycles. The number of fused-ring (bicyclic) bond motifs is 1. The van der Waals surface area contributed by atoms with E-state index in [4.69, 9.17) is 5.73 Å². The average molecular weight is 262 g/mol. The quantitative estimate of drug-likeness (QED) is 0.827. The van der Waals surface area contributed by atoms with Crippen LogP contribution in [0, 0.1) is 0 Å². The molecule has 0 spiro atoms. The number of hydrogen-bond donors (Lipinski definition) is 2. The zero-order chi connectivity index (χ0) is 13.7. The van der Waals surface area contributed by atoms with Crippen LogP contribution >= 0.6 is 0 Å². The summed E-state index contributed by atoms with van der Waals surface area (Å²) < 4.78 is 0. The van der Waals surface area contributed by atoms with E-state index < -0.39 is 5.60 Å². The number of rotatable bonds is 6. The summed E-state index contributed by atoms with van der Waals surface area (Å²) >= 11 is 0. The molecule has 1 aromatic rings. The van der Waals surface area contributed by atoms with E-state index in [0.717, 1.165) is 32.4 Å². The third-order valence-electron chi connectivity index (χ3n) is 4.31. The third kappa shape index (κ3) is 3.48. The Balaban J connectivity index is 1.91. The number of hydrogen-bond acceptors (Lipinski definition) is 3. The Bertz CT molecular complexity index is 401. The molecule has 3 heteroatoms. The number of para-hydroxylation sites is 1. The molecule has 0 amide bonds. The molecule has 0 aliphatic carbocycles. The van der Waals surface area contributed by atoms with Crippen LogP contribution in [0.1, 0.15) is 38.2 Å². The monoisotopic (exact) mass is 262 g/mol. The summed E-state index contributed by atoms with van der Waals surface area (Å²) in [4.78, 5) is 2.45. The fraction of sp³-hybridized carbons (Fsp3) is 0.625. The van der Waals surface area contributed by atoms with E-state index in [0.29, 0.717) is 6.54 Å². The molecule has 3 N–H and O–H groups in total. The molecule has 1 aliphatic rings. The van der Waals surface area contributed by atoms with Crippen molar-refractivity contribution in [2.45, 2.75) is 44.6 Å². The summed E-state index contributed by atoms with van der Waals surface area (Å²) in [6.45, 7) is 4.51. The molecule has 19 heavy (non-hydrogen) atoms. The van der Waals surface area contributed by atoms with Gasteiger partial charge in [-0.1, -0.05) is 25.1 Å². The fourth-order valence-electron chi connectivity index (χ4n) is 2.87. The van der Waals surface area contributed by atoms with Crippen molar-refractivity contribution < 1.29 is 5.11 Å². The first kappa shape index (κ1) is 14.4. The van der Waals surface area contributed by atoms with Crippen LogP contribution in [0.2, 0.25) is 0 Å².